The zero-order chi connectivity index (χ0) is 59.8. The Kier molecular flexibility index (Phi) is 61.0. The van der Waals surface area contributed by atoms with Crippen LogP contribution in [0.3, 0.4) is 0 Å². The average molecular weight is 1170 g/mol. The molecule has 0 aromatic heterocycles. The van der Waals surface area contributed by atoms with Crippen molar-refractivity contribution in [2.45, 2.75) is 328 Å². The van der Waals surface area contributed by atoms with Crippen molar-refractivity contribution in [1.82, 2.24) is 0 Å². The quantitative estimate of drug-likeness (QED) is 0.0211. The molecule has 0 spiro atoms. The van der Waals surface area contributed by atoms with Crippen molar-refractivity contribution in [3.63, 3.8) is 0 Å². The van der Waals surface area contributed by atoms with Crippen molar-refractivity contribution in [3.8, 4) is 0 Å². The molecule has 0 rings (SSSR count). The van der Waals surface area contributed by atoms with Gasteiger partial charge in [-0.1, -0.05) is 299 Å². The van der Waals surface area contributed by atoms with Crippen molar-refractivity contribution < 1.29 is 42.1 Å². The van der Waals surface area contributed by atoms with Crippen molar-refractivity contribution in [3.05, 3.63) is 72.9 Å². The molecule has 2 unspecified atom stereocenters. The van der Waals surface area contributed by atoms with Gasteiger partial charge in [-0.05, 0) is 83.5 Å². The molecular formula is C72H133NO8P+. The summed E-state index contributed by atoms with van der Waals surface area (Å²) in [6.45, 7) is 4.37. The molecule has 0 aromatic carbocycles. The Labute approximate surface area is 508 Å². The van der Waals surface area contributed by atoms with E-state index < -0.39 is 26.5 Å². The molecule has 0 aliphatic heterocycles. The van der Waals surface area contributed by atoms with E-state index in [9.17, 15) is 19.0 Å². The third kappa shape index (κ3) is 66.6. The lowest BCUT2D eigenvalue weighted by Crippen LogP contribution is -2.37. The second-order valence-corrected chi connectivity index (χ2v) is 26.0. The number of unbranched alkanes of at least 4 members (excludes halogenated alkanes) is 38. The van der Waals surface area contributed by atoms with Crippen LogP contribution in [0.5, 0.6) is 0 Å². The van der Waals surface area contributed by atoms with Gasteiger partial charge in [0.2, 0.25) is 0 Å². The van der Waals surface area contributed by atoms with E-state index in [0.29, 0.717) is 17.4 Å². The molecule has 1 N–H and O–H groups in total. The molecule has 478 valence electrons. The summed E-state index contributed by atoms with van der Waals surface area (Å²) in [6, 6.07) is 0. The molecule has 0 aliphatic rings. The molecule has 0 fully saturated rings. The Hall–Kier alpha value is -2.55. The predicted molar refractivity (Wildman–Crippen MR) is 353 cm³/mol. The first-order chi connectivity index (χ1) is 40.0. The third-order valence-electron chi connectivity index (χ3n) is 15.2. The average Bonchev–Trinajstić information content (AvgIpc) is 3.45. The maximum absolute atomic E-state index is 12.9. The fourth-order valence-corrected chi connectivity index (χ4v) is 10.7. The number of likely N-dealkylation sites (N-methyl/N-ethyl adjacent to an activating group) is 1. The van der Waals surface area contributed by atoms with Gasteiger partial charge in [-0.25, -0.2) is 4.57 Å². The Balaban J connectivity index is 4.00. The molecule has 0 aromatic rings. The highest BCUT2D eigenvalue weighted by atomic mass is 31.2. The number of phosphoric acid groups is 1. The summed E-state index contributed by atoms with van der Waals surface area (Å²) in [4.78, 5) is 35.9. The second-order valence-electron chi connectivity index (χ2n) is 24.5. The third-order valence-corrected chi connectivity index (χ3v) is 16.2. The number of esters is 2. The van der Waals surface area contributed by atoms with Crippen LogP contribution < -0.4 is 0 Å². The summed E-state index contributed by atoms with van der Waals surface area (Å²) < 4.78 is 34.7. The Bertz CT molecular complexity index is 1610. The van der Waals surface area contributed by atoms with E-state index in [0.717, 1.165) is 64.2 Å². The fourth-order valence-electron chi connectivity index (χ4n) is 9.92. The smallest absolute Gasteiger partial charge is 0.462 e. The van der Waals surface area contributed by atoms with Gasteiger partial charge < -0.3 is 18.9 Å². The number of rotatable bonds is 64. The number of carbonyl (C=O) groups excluding carboxylic acids is 2. The Morgan fingerprint density at radius 3 is 1.05 bits per heavy atom. The largest absolute Gasteiger partial charge is 0.472 e. The first-order valence-electron chi connectivity index (χ1n) is 34.7. The minimum absolute atomic E-state index is 0.0320. The number of phosphoric ester groups is 1. The summed E-state index contributed by atoms with van der Waals surface area (Å²) in [5, 5.41) is 0. The standard InChI is InChI=1S/C72H132NO8P/c1-6-8-10-12-14-16-18-20-22-24-26-28-30-31-32-33-34-35-36-37-38-39-40-41-43-45-47-49-51-53-55-57-59-61-63-65-72(75)81-70(69-80-82(76,77)79-67-66-73(3,4)5)68-78-71(74)64-62-60-58-56-54-52-50-48-46-44-42-29-27-25-23-21-19-17-15-13-11-9-7-2/h8,10,14,16,20,22,25-28,31-32,70H,6-7,9,11-13,15,17-19,21,23-24,29-30,33-69H2,1-5H3/p+1/b10-8-,16-14-,22-20-,27-25-,28-26-,32-31-. The Morgan fingerprint density at radius 1 is 0.390 bits per heavy atom. The number of hydrogen-bond donors (Lipinski definition) is 1. The fraction of sp³-hybridized carbons (Fsp3) is 0.806. The summed E-state index contributed by atoms with van der Waals surface area (Å²) >= 11 is 0. The molecule has 10 heteroatoms. The molecular weight excluding hydrogens is 1040 g/mol. The van der Waals surface area contributed by atoms with Gasteiger partial charge in [0.1, 0.15) is 19.8 Å². The van der Waals surface area contributed by atoms with Gasteiger partial charge in [0.05, 0.1) is 27.7 Å². The number of quaternary nitrogens is 1. The lowest BCUT2D eigenvalue weighted by atomic mass is 10.0. The van der Waals surface area contributed by atoms with E-state index in [1.807, 2.05) is 21.1 Å². The zero-order valence-corrected chi connectivity index (χ0v) is 55.4. The van der Waals surface area contributed by atoms with Gasteiger partial charge in [-0.15, -0.1) is 0 Å². The number of allylic oxidation sites excluding steroid dienone is 12. The number of ether oxygens (including phenoxy) is 2. The van der Waals surface area contributed by atoms with E-state index in [-0.39, 0.29) is 32.0 Å². The van der Waals surface area contributed by atoms with Crippen LogP contribution in [0.4, 0.5) is 0 Å². The van der Waals surface area contributed by atoms with Gasteiger partial charge in [0.25, 0.3) is 0 Å². The maximum atomic E-state index is 12.9. The normalized spacial score (nSPS) is 13.6. The van der Waals surface area contributed by atoms with E-state index in [1.54, 1.807) is 0 Å². The van der Waals surface area contributed by atoms with Crippen LogP contribution in [-0.4, -0.2) is 74.9 Å². The minimum Gasteiger partial charge on any atom is -0.462 e. The highest BCUT2D eigenvalue weighted by Gasteiger charge is 2.27. The monoisotopic (exact) mass is 1170 g/mol. The van der Waals surface area contributed by atoms with Crippen LogP contribution >= 0.6 is 7.82 Å². The molecule has 0 saturated carbocycles. The first-order valence-corrected chi connectivity index (χ1v) is 36.2. The predicted octanol–water partition coefficient (Wildman–Crippen LogP) is 22.4. The lowest BCUT2D eigenvalue weighted by Gasteiger charge is -2.24. The van der Waals surface area contributed by atoms with Crippen molar-refractivity contribution in [1.29, 1.82) is 0 Å². The van der Waals surface area contributed by atoms with Gasteiger partial charge in [-0.2, -0.15) is 0 Å². The van der Waals surface area contributed by atoms with E-state index in [2.05, 4.69) is 86.8 Å². The molecule has 82 heavy (non-hydrogen) atoms. The number of hydrogen-bond acceptors (Lipinski definition) is 7. The van der Waals surface area contributed by atoms with Gasteiger partial charge in [0.15, 0.2) is 6.10 Å². The van der Waals surface area contributed by atoms with Crippen LogP contribution in [0.15, 0.2) is 72.9 Å². The van der Waals surface area contributed by atoms with E-state index in [4.69, 9.17) is 18.5 Å². The van der Waals surface area contributed by atoms with E-state index >= 15 is 0 Å². The summed E-state index contributed by atoms with van der Waals surface area (Å²) in [7, 11) is 1.49. The zero-order valence-electron chi connectivity index (χ0n) is 54.5. The summed E-state index contributed by atoms with van der Waals surface area (Å²) in [5.41, 5.74) is 0. The molecule has 0 bridgehead atoms. The summed E-state index contributed by atoms with van der Waals surface area (Å²) in [6.07, 6.45) is 84.3. The Morgan fingerprint density at radius 2 is 0.695 bits per heavy atom. The van der Waals surface area contributed by atoms with Crippen LogP contribution in [0.25, 0.3) is 0 Å². The van der Waals surface area contributed by atoms with Crippen molar-refractivity contribution in [2.24, 2.45) is 0 Å². The minimum atomic E-state index is -4.39. The van der Waals surface area contributed by atoms with Crippen LogP contribution in [0, 0.1) is 0 Å². The molecule has 0 amide bonds. The highest BCUT2D eigenvalue weighted by molar-refractivity contribution is 7.47. The molecule has 9 nitrogen and oxygen atoms in total. The molecule has 0 aliphatic carbocycles. The number of nitrogens with zero attached hydrogens (tertiary/aromatic N) is 1. The van der Waals surface area contributed by atoms with Crippen molar-refractivity contribution in [2.75, 3.05) is 47.5 Å². The number of carbonyl (C=O) groups is 2. The highest BCUT2D eigenvalue weighted by Crippen LogP contribution is 2.43. The van der Waals surface area contributed by atoms with Crippen molar-refractivity contribution >= 4 is 19.8 Å². The molecule has 0 heterocycles. The van der Waals surface area contributed by atoms with Gasteiger partial charge in [-0.3, -0.25) is 18.6 Å². The van der Waals surface area contributed by atoms with Crippen LogP contribution in [-0.2, 0) is 32.7 Å². The van der Waals surface area contributed by atoms with Gasteiger partial charge >= 0.3 is 19.8 Å². The molecule has 0 radical (unpaired) electrons. The van der Waals surface area contributed by atoms with E-state index in [1.165, 1.54) is 225 Å². The lowest BCUT2D eigenvalue weighted by molar-refractivity contribution is -0.870. The molecule has 2 atom stereocenters. The molecule has 0 saturated heterocycles. The van der Waals surface area contributed by atoms with Crippen LogP contribution in [0.2, 0.25) is 0 Å². The van der Waals surface area contributed by atoms with Crippen LogP contribution in [0.1, 0.15) is 322 Å². The summed E-state index contributed by atoms with van der Waals surface area (Å²) in [5.74, 6) is -0.784. The first kappa shape index (κ1) is 79.5. The topological polar surface area (TPSA) is 108 Å². The maximum Gasteiger partial charge on any atom is 0.472 e. The SMILES string of the molecule is CC/C=C\C/C=C\C/C=C\C/C=C\C/C=C\CCCCCCCCCCCCCCCCCCCCCC(=O)OC(COC(=O)CCCCCCCCCCCCC/C=C\CCCCCCCCCC)COP(=O)(O)OCC[N+](C)(C)C. The van der Waals surface area contributed by atoms with Gasteiger partial charge in [0, 0.05) is 12.8 Å². The second kappa shape index (κ2) is 63.0.